The van der Waals surface area contributed by atoms with Crippen molar-refractivity contribution in [1.29, 1.82) is 0 Å². The first-order chi connectivity index (χ1) is 12.5. The smallest absolute Gasteiger partial charge is 0.246 e. The number of anilines is 1. The quantitative estimate of drug-likeness (QED) is 0.732. The third kappa shape index (κ3) is 6.36. The highest BCUT2D eigenvalue weighted by molar-refractivity contribution is 5.97. The molecule has 1 unspecified atom stereocenters. The van der Waals surface area contributed by atoms with Gasteiger partial charge in [-0.25, -0.2) is 0 Å². The molecule has 2 rings (SSSR count). The molecule has 2 N–H and O–H groups in total. The maximum Gasteiger partial charge on any atom is 0.246 e. The van der Waals surface area contributed by atoms with Crippen molar-refractivity contribution < 1.29 is 14.3 Å². The average molecular weight is 360 g/mol. The number of amides is 2. The van der Waals surface area contributed by atoms with Crippen molar-refractivity contribution in [3.8, 4) is 5.75 Å². The van der Waals surface area contributed by atoms with E-state index < -0.39 is 6.04 Å². The summed E-state index contributed by atoms with van der Waals surface area (Å²) in [5, 5.41) is 5.91. The molecule has 5 heteroatoms. The summed E-state index contributed by atoms with van der Waals surface area (Å²) in [5.74, 6) is 1.01. The lowest BCUT2D eigenvalue weighted by molar-refractivity contribution is -0.130. The van der Waals surface area contributed by atoms with E-state index in [-0.39, 0.29) is 17.7 Å². The molecule has 2 amide bonds. The molecular weight excluding hydrogens is 328 g/mol. The Morgan fingerprint density at radius 1 is 1.12 bits per heavy atom. The van der Waals surface area contributed by atoms with Crippen LogP contribution in [0, 0.1) is 11.8 Å². The minimum atomic E-state index is -0.504. The summed E-state index contributed by atoms with van der Waals surface area (Å²) in [7, 11) is 0. The predicted octanol–water partition coefficient (Wildman–Crippen LogP) is 4.14. The highest BCUT2D eigenvalue weighted by atomic mass is 16.5. The summed E-state index contributed by atoms with van der Waals surface area (Å²) in [6.07, 6.45) is 5.90. The molecule has 0 radical (unpaired) electrons. The number of hydrogen-bond acceptors (Lipinski definition) is 3. The maximum atomic E-state index is 12.7. The second kappa shape index (κ2) is 10.2. The summed E-state index contributed by atoms with van der Waals surface area (Å²) in [4.78, 5) is 25.3. The first kappa shape index (κ1) is 20.3. The molecule has 1 fully saturated rings. The van der Waals surface area contributed by atoms with Gasteiger partial charge < -0.3 is 15.4 Å². The lowest BCUT2D eigenvalue weighted by Crippen LogP contribution is -2.47. The Balaban J connectivity index is 1.97. The van der Waals surface area contributed by atoms with E-state index in [0.29, 0.717) is 24.6 Å². The maximum absolute atomic E-state index is 12.7. The number of nitrogens with one attached hydrogen (secondary N) is 2. The fourth-order valence-electron chi connectivity index (χ4n) is 3.39. The zero-order valence-electron chi connectivity index (χ0n) is 16.2. The molecule has 0 aromatic heterocycles. The standard InChI is InChI=1S/C21H32N2O3/c1-4-26-18-12-10-17(11-13-18)22-21(25)19(14-15(2)3)23-20(24)16-8-6-5-7-9-16/h10-13,15-16,19H,4-9,14H2,1-3H3,(H,22,25)(H,23,24). The second-order valence-electron chi connectivity index (χ2n) is 7.47. The molecular formula is C21H32N2O3. The van der Waals surface area contributed by atoms with E-state index in [0.717, 1.165) is 31.4 Å². The number of ether oxygens (including phenoxy) is 1. The van der Waals surface area contributed by atoms with Gasteiger partial charge in [-0.15, -0.1) is 0 Å². The van der Waals surface area contributed by atoms with Crippen molar-refractivity contribution in [2.24, 2.45) is 11.8 Å². The Hall–Kier alpha value is -2.04. The van der Waals surface area contributed by atoms with Crippen molar-refractivity contribution >= 4 is 17.5 Å². The molecule has 5 nitrogen and oxygen atoms in total. The zero-order chi connectivity index (χ0) is 18.9. The van der Waals surface area contributed by atoms with Crippen LogP contribution < -0.4 is 15.4 Å². The third-order valence-electron chi connectivity index (χ3n) is 4.75. The SMILES string of the molecule is CCOc1ccc(NC(=O)C(CC(C)C)NC(=O)C2CCCCC2)cc1. The Kier molecular flexibility index (Phi) is 7.95. The number of rotatable bonds is 8. The van der Waals surface area contributed by atoms with Gasteiger partial charge in [0.05, 0.1) is 6.61 Å². The molecule has 1 aliphatic carbocycles. The van der Waals surface area contributed by atoms with Gasteiger partial charge in [0.2, 0.25) is 11.8 Å². The summed E-state index contributed by atoms with van der Waals surface area (Å²) in [5.41, 5.74) is 0.708. The monoisotopic (exact) mass is 360 g/mol. The van der Waals surface area contributed by atoms with E-state index in [4.69, 9.17) is 4.74 Å². The zero-order valence-corrected chi connectivity index (χ0v) is 16.2. The largest absolute Gasteiger partial charge is 0.494 e. The Morgan fingerprint density at radius 3 is 2.35 bits per heavy atom. The van der Waals surface area contributed by atoms with Crippen molar-refractivity contribution in [2.75, 3.05) is 11.9 Å². The van der Waals surface area contributed by atoms with E-state index in [1.54, 1.807) is 0 Å². The van der Waals surface area contributed by atoms with Gasteiger partial charge >= 0.3 is 0 Å². The number of carbonyl (C=O) groups excluding carboxylic acids is 2. The van der Waals surface area contributed by atoms with Crippen LogP contribution in [0.4, 0.5) is 5.69 Å². The minimum Gasteiger partial charge on any atom is -0.494 e. The molecule has 0 bridgehead atoms. The lowest BCUT2D eigenvalue weighted by Gasteiger charge is -2.25. The molecule has 1 atom stereocenters. The Morgan fingerprint density at radius 2 is 1.77 bits per heavy atom. The average Bonchev–Trinajstić information content (AvgIpc) is 2.63. The summed E-state index contributed by atoms with van der Waals surface area (Å²) in [6, 6.07) is 6.79. The van der Waals surface area contributed by atoms with Gasteiger partial charge in [0, 0.05) is 11.6 Å². The van der Waals surface area contributed by atoms with Gasteiger partial charge in [0.25, 0.3) is 0 Å². The van der Waals surface area contributed by atoms with Gasteiger partial charge in [0.15, 0.2) is 0 Å². The molecule has 1 aliphatic rings. The van der Waals surface area contributed by atoms with Crippen LogP contribution in [-0.2, 0) is 9.59 Å². The molecule has 0 spiro atoms. The van der Waals surface area contributed by atoms with Crippen molar-refractivity contribution in [3.63, 3.8) is 0 Å². The molecule has 26 heavy (non-hydrogen) atoms. The van der Waals surface area contributed by atoms with Gasteiger partial charge in [-0.3, -0.25) is 9.59 Å². The third-order valence-corrected chi connectivity index (χ3v) is 4.75. The lowest BCUT2D eigenvalue weighted by atomic mass is 9.88. The van der Waals surface area contributed by atoms with Crippen LogP contribution in [0.25, 0.3) is 0 Å². The fraction of sp³-hybridized carbons (Fsp3) is 0.619. The predicted molar refractivity (Wildman–Crippen MR) is 104 cm³/mol. The highest BCUT2D eigenvalue weighted by Crippen LogP contribution is 2.24. The van der Waals surface area contributed by atoms with Crippen LogP contribution in [0.3, 0.4) is 0 Å². The summed E-state index contributed by atoms with van der Waals surface area (Å²) < 4.78 is 5.42. The molecule has 0 saturated heterocycles. The second-order valence-corrected chi connectivity index (χ2v) is 7.47. The van der Waals surface area contributed by atoms with Crippen LogP contribution in [-0.4, -0.2) is 24.5 Å². The topological polar surface area (TPSA) is 67.4 Å². The molecule has 1 aromatic rings. The van der Waals surface area contributed by atoms with Crippen LogP contribution in [0.1, 0.15) is 59.3 Å². The van der Waals surface area contributed by atoms with Gasteiger partial charge in [0.1, 0.15) is 11.8 Å². The summed E-state index contributed by atoms with van der Waals surface area (Å²) in [6.45, 7) is 6.66. The van der Waals surface area contributed by atoms with Gasteiger partial charge in [-0.05, 0) is 56.4 Å². The first-order valence-electron chi connectivity index (χ1n) is 9.83. The van der Waals surface area contributed by atoms with E-state index in [1.165, 1.54) is 6.42 Å². The van der Waals surface area contributed by atoms with Crippen LogP contribution >= 0.6 is 0 Å². The van der Waals surface area contributed by atoms with Crippen molar-refractivity contribution in [3.05, 3.63) is 24.3 Å². The van der Waals surface area contributed by atoms with E-state index in [1.807, 2.05) is 31.2 Å². The molecule has 144 valence electrons. The molecule has 1 saturated carbocycles. The van der Waals surface area contributed by atoms with Crippen LogP contribution in [0.15, 0.2) is 24.3 Å². The molecule has 0 aliphatic heterocycles. The summed E-state index contributed by atoms with van der Waals surface area (Å²) >= 11 is 0. The Bertz CT molecular complexity index is 577. The number of carbonyl (C=O) groups is 2. The number of benzene rings is 1. The van der Waals surface area contributed by atoms with Crippen molar-refractivity contribution in [2.45, 2.75) is 65.3 Å². The van der Waals surface area contributed by atoms with Gasteiger partial charge in [-0.2, -0.15) is 0 Å². The first-order valence-corrected chi connectivity index (χ1v) is 9.83. The van der Waals surface area contributed by atoms with Crippen molar-refractivity contribution in [1.82, 2.24) is 5.32 Å². The molecule has 0 heterocycles. The van der Waals surface area contributed by atoms with E-state index in [9.17, 15) is 9.59 Å². The normalized spacial score (nSPS) is 16.2. The van der Waals surface area contributed by atoms with E-state index >= 15 is 0 Å². The van der Waals surface area contributed by atoms with Crippen LogP contribution in [0.2, 0.25) is 0 Å². The highest BCUT2D eigenvalue weighted by Gasteiger charge is 2.27. The van der Waals surface area contributed by atoms with Crippen LogP contribution in [0.5, 0.6) is 5.75 Å². The Labute approximate surface area is 156 Å². The number of hydrogen-bond donors (Lipinski definition) is 2. The fourth-order valence-corrected chi connectivity index (χ4v) is 3.39. The van der Waals surface area contributed by atoms with E-state index in [2.05, 4.69) is 24.5 Å². The van der Waals surface area contributed by atoms with Gasteiger partial charge in [-0.1, -0.05) is 33.1 Å². The minimum absolute atomic E-state index is 0.0252. The molecule has 1 aromatic carbocycles.